The molecule has 0 spiro atoms. The van der Waals surface area contributed by atoms with Gasteiger partial charge in [0, 0.05) is 52.4 Å². The third-order valence-electron chi connectivity index (χ3n) is 6.07. The summed E-state index contributed by atoms with van der Waals surface area (Å²) in [5, 5.41) is 0. The molecule has 12 nitrogen and oxygen atoms in total. The Morgan fingerprint density at radius 2 is 0.422 bits per heavy atom. The van der Waals surface area contributed by atoms with Crippen molar-refractivity contribution >= 4 is 46.8 Å². The van der Waals surface area contributed by atoms with Gasteiger partial charge in [-0.3, -0.25) is 38.4 Å². The molecule has 0 aromatic rings. The molecular weight excluding hydrogens is 660 g/mol. The van der Waals surface area contributed by atoms with Crippen LogP contribution < -0.4 is 0 Å². The Hall–Kier alpha value is -2.56. The Kier molecular flexibility index (Phi) is 37.9. The first-order chi connectivity index (χ1) is 20.5. The number of nitrogens with zero attached hydrogens (tertiary/aromatic N) is 4. The summed E-state index contributed by atoms with van der Waals surface area (Å²) < 4.78 is 0. The topological polar surface area (TPSA) is 150 Å². The van der Waals surface area contributed by atoms with E-state index in [9.17, 15) is 38.4 Å². The van der Waals surface area contributed by atoms with Gasteiger partial charge >= 0.3 is 26.2 Å². The van der Waals surface area contributed by atoms with Crippen LogP contribution in [0.1, 0.15) is 109 Å². The average Bonchev–Trinajstić information content (AvgIpc) is 2.91. The van der Waals surface area contributed by atoms with Crippen molar-refractivity contribution in [3.8, 4) is 0 Å². The molecule has 0 aliphatic carbocycles. The van der Waals surface area contributed by atoms with Gasteiger partial charge in [-0.25, -0.2) is 0 Å². The maximum atomic E-state index is 11.1. The molecule has 0 aromatic heterocycles. The molecule has 0 aromatic carbocycles. The summed E-state index contributed by atoms with van der Waals surface area (Å²) in [7, 11) is 0. The maximum absolute atomic E-state index is 11.1. The minimum Gasteiger partial charge on any atom is -0.343 e. The molecule has 0 fully saturated rings. The Balaban J connectivity index is -0.000000157. The third kappa shape index (κ3) is 31.2. The standard InChI is InChI=1S/4C8H15NO2.Zr/c4*1-4-9(5-2)8(11)6-7(3)10;/h4*4-6H2,1-3H3;/q;;;;+4. The predicted octanol–water partition coefficient (Wildman–Crippen LogP) is 3.33. The normalized spacial score (nSPS) is 9.16. The number of hydrogen-bond acceptors (Lipinski definition) is 8. The Morgan fingerprint density at radius 3 is 0.489 bits per heavy atom. The molecule has 0 saturated heterocycles. The van der Waals surface area contributed by atoms with E-state index in [1.165, 1.54) is 27.7 Å². The van der Waals surface area contributed by atoms with Gasteiger partial charge in [-0.05, 0) is 83.1 Å². The zero-order chi connectivity index (χ0) is 35.4. The molecule has 0 rings (SSSR count). The molecule has 256 valence electrons. The van der Waals surface area contributed by atoms with E-state index in [1.54, 1.807) is 19.6 Å². The fraction of sp³-hybridized carbons (Fsp3) is 0.750. The minimum atomic E-state index is -0.0677. The smallest absolute Gasteiger partial charge is 0.343 e. The molecule has 0 radical (unpaired) electrons. The van der Waals surface area contributed by atoms with Crippen molar-refractivity contribution in [2.45, 2.75) is 109 Å². The summed E-state index contributed by atoms with van der Waals surface area (Å²) in [5.74, 6) is -0.539. The molecule has 0 bridgehead atoms. The number of ketones is 4. The summed E-state index contributed by atoms with van der Waals surface area (Å²) in [4.78, 5) is 93.3. The Bertz CT molecular complexity index is 752. The van der Waals surface area contributed by atoms with Gasteiger partial charge in [0.2, 0.25) is 23.6 Å². The zero-order valence-corrected chi connectivity index (χ0v) is 32.5. The van der Waals surface area contributed by atoms with E-state index in [-0.39, 0.29) is 98.6 Å². The van der Waals surface area contributed by atoms with E-state index in [4.69, 9.17) is 0 Å². The van der Waals surface area contributed by atoms with Crippen molar-refractivity contribution in [3.05, 3.63) is 0 Å². The molecule has 0 aliphatic rings. The fourth-order valence-corrected chi connectivity index (χ4v) is 3.60. The summed E-state index contributed by atoms with van der Waals surface area (Å²) >= 11 is 0. The van der Waals surface area contributed by atoms with Gasteiger partial charge < -0.3 is 19.6 Å². The van der Waals surface area contributed by atoms with Gasteiger partial charge in [-0.15, -0.1) is 0 Å². The molecule has 0 heterocycles. The van der Waals surface area contributed by atoms with Crippen LogP contribution in [0, 0.1) is 0 Å². The van der Waals surface area contributed by atoms with Crippen LogP contribution in [-0.2, 0) is 64.6 Å². The third-order valence-corrected chi connectivity index (χ3v) is 6.07. The molecule has 4 amide bonds. The van der Waals surface area contributed by atoms with Crippen molar-refractivity contribution in [3.63, 3.8) is 0 Å². The van der Waals surface area contributed by atoms with E-state index in [0.29, 0.717) is 52.4 Å². The van der Waals surface area contributed by atoms with Crippen molar-refractivity contribution < 1.29 is 64.6 Å². The molecule has 0 atom stereocenters. The molecular formula is C32H60N4O8Zr+4. The molecule has 0 N–H and O–H groups in total. The molecule has 0 saturated carbocycles. The molecule has 0 aliphatic heterocycles. The quantitative estimate of drug-likeness (QED) is 0.221. The molecule has 45 heavy (non-hydrogen) atoms. The van der Waals surface area contributed by atoms with Crippen LogP contribution in [0.15, 0.2) is 0 Å². The van der Waals surface area contributed by atoms with Crippen LogP contribution in [0.3, 0.4) is 0 Å². The number of hydrogen-bond donors (Lipinski definition) is 0. The van der Waals surface area contributed by atoms with E-state index >= 15 is 0 Å². The Labute approximate surface area is 291 Å². The second-order valence-corrected chi connectivity index (χ2v) is 9.78. The van der Waals surface area contributed by atoms with Gasteiger partial charge in [-0.1, -0.05) is 0 Å². The first-order valence-electron chi connectivity index (χ1n) is 15.5. The van der Waals surface area contributed by atoms with Crippen LogP contribution in [0.2, 0.25) is 0 Å². The first kappa shape index (κ1) is 52.0. The Morgan fingerprint density at radius 1 is 0.311 bits per heavy atom. The van der Waals surface area contributed by atoms with Gasteiger partial charge in [0.25, 0.3) is 0 Å². The van der Waals surface area contributed by atoms with Gasteiger partial charge in [0.05, 0.1) is 25.7 Å². The minimum absolute atomic E-state index is 0. The number of carbonyl (C=O) groups excluding carboxylic acids is 8. The summed E-state index contributed by atoms with van der Waals surface area (Å²) in [6.45, 7) is 26.4. The van der Waals surface area contributed by atoms with Crippen molar-refractivity contribution in [2.24, 2.45) is 0 Å². The van der Waals surface area contributed by atoms with Crippen LogP contribution >= 0.6 is 0 Å². The van der Waals surface area contributed by atoms with Gasteiger partial charge in [0.15, 0.2) is 0 Å². The monoisotopic (exact) mass is 718 g/mol. The largest absolute Gasteiger partial charge is 4.00 e. The number of Topliss-reactive ketones (excluding diaryl/α,β-unsaturated/α-hetero) is 4. The van der Waals surface area contributed by atoms with Crippen LogP contribution in [0.25, 0.3) is 0 Å². The van der Waals surface area contributed by atoms with Crippen LogP contribution in [0.5, 0.6) is 0 Å². The SMILES string of the molecule is CCN(CC)C(=O)CC(C)=O.CCN(CC)C(=O)CC(C)=O.CCN(CC)C(=O)CC(C)=O.CCN(CC)C(=O)CC(C)=O.[Zr+4]. The maximum Gasteiger partial charge on any atom is 4.00 e. The molecule has 0 unspecified atom stereocenters. The van der Waals surface area contributed by atoms with Gasteiger partial charge in [-0.2, -0.15) is 0 Å². The van der Waals surface area contributed by atoms with Crippen molar-refractivity contribution in [1.29, 1.82) is 0 Å². The summed E-state index contributed by atoms with van der Waals surface area (Å²) in [6, 6.07) is 0. The second-order valence-electron chi connectivity index (χ2n) is 9.78. The van der Waals surface area contributed by atoms with Crippen LogP contribution in [0.4, 0.5) is 0 Å². The fourth-order valence-electron chi connectivity index (χ4n) is 3.60. The number of carbonyl (C=O) groups is 8. The van der Waals surface area contributed by atoms with Crippen molar-refractivity contribution in [1.82, 2.24) is 19.6 Å². The zero-order valence-electron chi connectivity index (χ0n) is 30.0. The number of amides is 4. The van der Waals surface area contributed by atoms with E-state index in [1.807, 2.05) is 55.4 Å². The average molecular weight is 720 g/mol. The van der Waals surface area contributed by atoms with E-state index < -0.39 is 0 Å². The summed E-state index contributed by atoms with van der Waals surface area (Å²) in [6.07, 6.45) is 0.173. The summed E-state index contributed by atoms with van der Waals surface area (Å²) in [5.41, 5.74) is 0. The first-order valence-corrected chi connectivity index (χ1v) is 15.5. The molecule has 13 heteroatoms. The van der Waals surface area contributed by atoms with E-state index in [2.05, 4.69) is 0 Å². The van der Waals surface area contributed by atoms with Crippen LogP contribution in [-0.4, -0.2) is 119 Å². The van der Waals surface area contributed by atoms with Crippen molar-refractivity contribution in [2.75, 3.05) is 52.4 Å². The number of rotatable bonds is 16. The van der Waals surface area contributed by atoms with E-state index in [0.717, 1.165) is 0 Å². The van der Waals surface area contributed by atoms with Gasteiger partial charge in [0.1, 0.15) is 23.1 Å². The predicted molar refractivity (Wildman–Crippen MR) is 173 cm³/mol. The second kappa shape index (κ2) is 32.8.